The fourth-order valence-corrected chi connectivity index (χ4v) is 13.7. The summed E-state index contributed by atoms with van der Waals surface area (Å²) in [4.78, 5) is 103. The van der Waals surface area contributed by atoms with Gasteiger partial charge in [0.05, 0.1) is 74.5 Å². The lowest BCUT2D eigenvalue weighted by Gasteiger charge is -2.21. The maximum absolute atomic E-state index is 11.0. The average Bonchev–Trinajstić information content (AvgIpc) is 0.822. The van der Waals surface area contributed by atoms with E-state index in [2.05, 4.69) is 30.9 Å². The molecule has 0 heterocycles. The summed E-state index contributed by atoms with van der Waals surface area (Å²) in [5.74, 6) is -5.38. The van der Waals surface area contributed by atoms with Crippen molar-refractivity contribution in [2.24, 2.45) is 0 Å². The number of benzene rings is 17. The number of carbonyl (C=O) groups is 9. The van der Waals surface area contributed by atoms with E-state index in [0.29, 0.717) is 45.1 Å². The zero-order valence-electron chi connectivity index (χ0n) is 75.1. The van der Waals surface area contributed by atoms with E-state index in [9.17, 15) is 43.2 Å². The van der Waals surface area contributed by atoms with Crippen molar-refractivity contribution in [3.8, 4) is 28.7 Å². The number of methoxy groups -OCH3 is 5. The van der Waals surface area contributed by atoms with E-state index in [1.165, 1.54) is 27.4 Å². The van der Waals surface area contributed by atoms with Crippen LogP contribution < -0.4 is 38.4 Å². The van der Waals surface area contributed by atoms with Crippen LogP contribution in [0.5, 0.6) is 28.7 Å². The molecule has 0 aromatic heterocycles. The molecule has 684 valence electrons. The van der Waals surface area contributed by atoms with Gasteiger partial charge in [-0.25, -0.2) is 43.2 Å². The lowest BCUT2D eigenvalue weighted by Crippen LogP contribution is -2.21. The SMILES string of the molecule is CCN(CC)c1ccc2ccc(C(=O)O)cc2c1.CN(C)c1ccc(C(=O)O)cc1.CN(C)c1ccc2ccc(C(=O)O)cc2c1.COc1c(C(=O)O)ccc2ccccc12.COc1cc(C(=O)O)cc2ccccc12.COc1cc2ccccc2cc1C(=O)O.COc1ccc2cc(C(=O)O)ccc2c1.COc1ccc2ccc(C(=O)O)cc2c1.O=C(O)c1ccc2ccccc2c1. The number of rotatable bonds is 19. The topological polar surface area (TPSA) is 392 Å². The van der Waals surface area contributed by atoms with Gasteiger partial charge in [-0.2, -0.15) is 0 Å². The Morgan fingerprint density at radius 2 is 0.530 bits per heavy atom. The zero-order chi connectivity index (χ0) is 97.4. The zero-order valence-corrected chi connectivity index (χ0v) is 75.1. The Hall–Kier alpha value is -17.6. The molecule has 0 aliphatic heterocycles. The van der Waals surface area contributed by atoms with Crippen molar-refractivity contribution < 1.29 is 113 Å². The number of carboxylic acids is 9. The predicted octanol–water partition coefficient (Wildman–Crippen LogP) is 22.7. The third kappa shape index (κ3) is 27.3. The van der Waals surface area contributed by atoms with Crippen LogP contribution in [0.2, 0.25) is 0 Å². The van der Waals surface area contributed by atoms with E-state index < -0.39 is 53.7 Å². The monoisotopic (exact) mass is 1810 g/mol. The van der Waals surface area contributed by atoms with Crippen LogP contribution in [0.3, 0.4) is 0 Å². The number of fused-ring (bicyclic) bond motifs is 8. The largest absolute Gasteiger partial charge is 0.497 e. The number of aromatic carboxylic acids is 9. The van der Waals surface area contributed by atoms with Crippen LogP contribution in [0, 0.1) is 0 Å². The minimum absolute atomic E-state index is 0.191. The standard InChI is InChI=1S/C15H17NO2.C13H13NO2.5C12H10O3.C11H8O2.C9H11NO2/c1-3-16(4-2)14-8-7-11-5-6-12(15(17)18)9-13(11)10-14;1-14(2)12-6-5-9-3-4-10(13(15)16)7-11(9)8-12;1-15-11-5-4-8-6-10(12(13)14)3-2-9(8)7-11;1-15-11-5-4-8-2-3-9(12(13)14)6-10(8)7-11;1-15-11-7-9(12(13)14)6-8-4-2-3-5-10(8)11;1-15-11-7-9-5-3-2-4-8(9)6-10(11)12(13)14;1-15-11-9-5-3-2-4-8(9)6-7-10(11)12(13)14;12-11(13)10-6-5-8-3-1-2-4-9(8)7-10;1-10(2)8-5-3-7(4-6-8)9(11)12/h5-10H,3-4H2,1-2H3,(H,17,18);3-8H,1-2H3,(H,15,16);5*2-7H,1H3,(H,13,14);1-7H,(H,12,13);3-6H,1-2H3,(H,11,12). The van der Waals surface area contributed by atoms with Crippen LogP contribution in [0.1, 0.15) is 107 Å². The molecule has 26 nitrogen and oxygen atoms in total. The minimum atomic E-state index is -0.974. The Kier molecular flexibility index (Phi) is 35.9. The lowest BCUT2D eigenvalue weighted by molar-refractivity contribution is 0.0682. The highest BCUT2D eigenvalue weighted by Gasteiger charge is 2.17. The van der Waals surface area contributed by atoms with Crippen molar-refractivity contribution in [3.63, 3.8) is 0 Å². The highest BCUT2D eigenvalue weighted by molar-refractivity contribution is 6.04. The van der Waals surface area contributed by atoms with E-state index in [0.717, 1.165) is 128 Å². The first-order chi connectivity index (χ1) is 64.2. The predicted molar refractivity (Wildman–Crippen MR) is 526 cm³/mol. The Balaban J connectivity index is 0.000000170. The minimum Gasteiger partial charge on any atom is -0.497 e. The normalized spacial score (nSPS) is 10.2. The molecule has 17 aromatic carbocycles. The van der Waals surface area contributed by atoms with Gasteiger partial charge in [0.2, 0.25) is 0 Å². The third-order valence-electron chi connectivity index (χ3n) is 20.9. The van der Waals surface area contributed by atoms with Gasteiger partial charge in [0.1, 0.15) is 39.9 Å². The molecule has 134 heavy (non-hydrogen) atoms. The summed E-state index contributed by atoms with van der Waals surface area (Å²) >= 11 is 0. The molecule has 0 aliphatic rings. The lowest BCUT2D eigenvalue weighted by atomic mass is 10.1. The van der Waals surface area contributed by atoms with Crippen molar-refractivity contribution in [2.75, 3.05) is 91.5 Å². The molecule has 0 fully saturated rings. The van der Waals surface area contributed by atoms with Crippen molar-refractivity contribution >= 4 is 157 Å². The Morgan fingerprint density at radius 1 is 0.224 bits per heavy atom. The number of nitrogens with zero attached hydrogens (tertiary/aromatic N) is 3. The first-order valence-electron chi connectivity index (χ1n) is 41.4. The Labute approximate surface area is 771 Å². The summed E-state index contributed by atoms with van der Waals surface area (Å²) in [5, 5.41) is 95.0. The molecule has 0 radical (unpaired) electrons. The molecule has 17 rings (SSSR count). The molecule has 0 saturated heterocycles. The first-order valence-corrected chi connectivity index (χ1v) is 41.4. The molecular weight excluding hydrogens is 1710 g/mol. The van der Waals surface area contributed by atoms with Crippen LogP contribution in [0.15, 0.2) is 322 Å². The summed E-state index contributed by atoms with van der Waals surface area (Å²) in [5.41, 5.74) is 5.72. The van der Waals surface area contributed by atoms with Crippen molar-refractivity contribution in [1.29, 1.82) is 0 Å². The van der Waals surface area contributed by atoms with Crippen molar-refractivity contribution in [3.05, 3.63) is 372 Å². The van der Waals surface area contributed by atoms with Gasteiger partial charge in [-0.05, 0) is 253 Å². The molecule has 0 amide bonds. The van der Waals surface area contributed by atoms with E-state index in [4.69, 9.17) is 69.6 Å². The molecule has 0 unspecified atom stereocenters. The van der Waals surface area contributed by atoms with Crippen LogP contribution >= 0.6 is 0 Å². The maximum Gasteiger partial charge on any atom is 0.339 e. The average molecular weight is 1810 g/mol. The van der Waals surface area contributed by atoms with Gasteiger partial charge in [0.15, 0.2) is 0 Å². The van der Waals surface area contributed by atoms with Gasteiger partial charge in [0.25, 0.3) is 0 Å². The summed E-state index contributed by atoms with van der Waals surface area (Å²) < 4.78 is 25.5. The molecule has 0 atom stereocenters. The molecule has 26 heteroatoms. The molecule has 9 N–H and O–H groups in total. The smallest absolute Gasteiger partial charge is 0.339 e. The van der Waals surface area contributed by atoms with Gasteiger partial charge in [0, 0.05) is 69.1 Å². The second-order valence-corrected chi connectivity index (χ2v) is 29.8. The van der Waals surface area contributed by atoms with Gasteiger partial charge in [-0.15, -0.1) is 0 Å². The van der Waals surface area contributed by atoms with Gasteiger partial charge in [-0.3, -0.25) is 0 Å². The van der Waals surface area contributed by atoms with Gasteiger partial charge < -0.3 is 84.3 Å². The molecule has 0 saturated carbocycles. The van der Waals surface area contributed by atoms with E-state index in [-0.39, 0.29) is 22.3 Å². The molecule has 17 aromatic rings. The number of hydrogen-bond acceptors (Lipinski definition) is 17. The number of carboxylic acid groups (broad SMARTS) is 9. The highest BCUT2D eigenvalue weighted by Crippen LogP contribution is 2.33. The quantitative estimate of drug-likeness (QED) is 0.0363. The van der Waals surface area contributed by atoms with Crippen molar-refractivity contribution in [1.82, 2.24) is 0 Å². The van der Waals surface area contributed by atoms with E-state index in [1.807, 2.05) is 214 Å². The van der Waals surface area contributed by atoms with Crippen LogP contribution in [0.4, 0.5) is 17.1 Å². The molecular formula is C108H99N3O23. The summed E-state index contributed by atoms with van der Waals surface area (Å²) in [6.07, 6.45) is 0. The first kappa shape index (κ1) is 100. The maximum atomic E-state index is 11.0. The summed E-state index contributed by atoms with van der Waals surface area (Å²) in [6, 6.07) is 95.8. The molecule has 0 bridgehead atoms. The van der Waals surface area contributed by atoms with E-state index in [1.54, 1.807) is 142 Å². The Bertz CT molecular complexity index is 7090. The van der Waals surface area contributed by atoms with Crippen molar-refractivity contribution in [2.45, 2.75) is 13.8 Å². The van der Waals surface area contributed by atoms with E-state index >= 15 is 0 Å². The van der Waals surface area contributed by atoms with Crippen LogP contribution in [-0.2, 0) is 0 Å². The number of hydrogen-bond donors (Lipinski definition) is 9. The molecule has 0 aliphatic carbocycles. The second kappa shape index (κ2) is 48.0. The van der Waals surface area contributed by atoms with Crippen LogP contribution in [-0.4, -0.2) is 177 Å². The van der Waals surface area contributed by atoms with Crippen LogP contribution in [0.25, 0.3) is 86.2 Å². The Morgan fingerprint density at radius 3 is 0.955 bits per heavy atom. The fraction of sp³-hybridized carbons (Fsp3) is 0.120. The summed E-state index contributed by atoms with van der Waals surface area (Å²) in [7, 11) is 15.4. The highest BCUT2D eigenvalue weighted by atomic mass is 16.5. The summed E-state index contributed by atoms with van der Waals surface area (Å²) in [6.45, 7) is 6.12. The van der Waals surface area contributed by atoms with Gasteiger partial charge >= 0.3 is 53.7 Å². The number of anilines is 3. The second-order valence-electron chi connectivity index (χ2n) is 29.8. The molecule has 0 spiro atoms. The third-order valence-corrected chi connectivity index (χ3v) is 20.9. The number of ether oxygens (including phenoxy) is 5. The van der Waals surface area contributed by atoms with Gasteiger partial charge in [-0.1, -0.05) is 158 Å². The fourth-order valence-electron chi connectivity index (χ4n) is 13.7.